The summed E-state index contributed by atoms with van der Waals surface area (Å²) in [5, 5.41) is 0. The molecule has 1 aromatic heterocycles. The monoisotopic (exact) mass is 400 g/mol. The van der Waals surface area contributed by atoms with Crippen molar-refractivity contribution in [1.29, 1.82) is 0 Å². The summed E-state index contributed by atoms with van der Waals surface area (Å²) in [6.45, 7) is 9.05. The van der Waals surface area contributed by atoms with Gasteiger partial charge < -0.3 is 9.80 Å². The first-order valence-electron chi connectivity index (χ1n) is 10.5. The summed E-state index contributed by atoms with van der Waals surface area (Å²) in [4.78, 5) is 26.4. The largest absolute Gasteiger partial charge is 0.353 e. The minimum atomic E-state index is 0.102. The lowest BCUT2D eigenvalue weighted by molar-refractivity contribution is 0.0746. The topological polar surface area (TPSA) is 49.3 Å². The van der Waals surface area contributed by atoms with E-state index in [0.29, 0.717) is 13.1 Å². The molecule has 2 aromatic carbocycles. The molecule has 1 aliphatic heterocycles. The van der Waals surface area contributed by atoms with Gasteiger partial charge in [0, 0.05) is 49.4 Å². The maximum atomic E-state index is 12.8. The lowest BCUT2D eigenvalue weighted by atomic mass is 10.0. The number of hydrogen-bond donors (Lipinski definition) is 0. The highest BCUT2D eigenvalue weighted by Gasteiger charge is 2.25. The maximum absolute atomic E-state index is 12.8. The first-order chi connectivity index (χ1) is 14.5. The van der Waals surface area contributed by atoms with Gasteiger partial charge >= 0.3 is 0 Å². The lowest BCUT2D eigenvalue weighted by Crippen LogP contribution is -2.49. The zero-order valence-electron chi connectivity index (χ0n) is 17.9. The molecule has 1 aliphatic rings. The fraction of sp³-hybridized carbons (Fsp3) is 0.320. The Labute approximate surface area is 178 Å². The Morgan fingerprint density at radius 2 is 1.53 bits per heavy atom. The number of carbonyl (C=O) groups excluding carboxylic acids is 1. The molecule has 5 heteroatoms. The zero-order chi connectivity index (χ0) is 21.1. The number of aromatic nitrogens is 2. The van der Waals surface area contributed by atoms with Crippen molar-refractivity contribution >= 4 is 11.7 Å². The van der Waals surface area contributed by atoms with Gasteiger partial charge in [-0.05, 0) is 38.5 Å². The van der Waals surface area contributed by atoms with Crippen LogP contribution in [0.3, 0.4) is 0 Å². The highest BCUT2D eigenvalue weighted by atomic mass is 16.2. The van der Waals surface area contributed by atoms with Crippen LogP contribution in [-0.2, 0) is 6.42 Å². The fourth-order valence-corrected chi connectivity index (χ4v) is 3.98. The van der Waals surface area contributed by atoms with Gasteiger partial charge in [-0.2, -0.15) is 0 Å². The van der Waals surface area contributed by atoms with E-state index >= 15 is 0 Å². The molecule has 0 atom stereocenters. The molecule has 0 spiro atoms. The van der Waals surface area contributed by atoms with Gasteiger partial charge in [-0.25, -0.2) is 9.97 Å². The van der Waals surface area contributed by atoms with Crippen molar-refractivity contribution in [3.8, 4) is 0 Å². The molecule has 3 aromatic rings. The van der Waals surface area contributed by atoms with Gasteiger partial charge in [-0.15, -0.1) is 0 Å². The normalized spacial score (nSPS) is 14.1. The molecule has 0 N–H and O–H groups in total. The van der Waals surface area contributed by atoms with Gasteiger partial charge in [0.1, 0.15) is 11.6 Å². The second-order valence-electron chi connectivity index (χ2n) is 7.97. The Morgan fingerprint density at radius 1 is 0.867 bits per heavy atom. The number of rotatable bonds is 4. The third-order valence-corrected chi connectivity index (χ3v) is 5.69. The fourth-order valence-electron chi connectivity index (χ4n) is 3.98. The highest BCUT2D eigenvalue weighted by molar-refractivity contribution is 5.94. The second kappa shape index (κ2) is 8.66. The minimum absolute atomic E-state index is 0.102. The smallest absolute Gasteiger partial charge is 0.253 e. The van der Waals surface area contributed by atoms with E-state index < -0.39 is 0 Å². The molecule has 0 unspecified atom stereocenters. The van der Waals surface area contributed by atoms with Crippen LogP contribution in [0.4, 0.5) is 5.82 Å². The van der Waals surface area contributed by atoms with Crippen molar-refractivity contribution in [3.63, 3.8) is 0 Å². The summed E-state index contributed by atoms with van der Waals surface area (Å²) in [5.41, 5.74) is 5.47. The molecular formula is C25H28N4O. The molecule has 0 radical (unpaired) electrons. The number of aryl methyl sites for hydroxylation is 3. The Kier molecular flexibility index (Phi) is 5.79. The van der Waals surface area contributed by atoms with Crippen LogP contribution in [0.25, 0.3) is 0 Å². The van der Waals surface area contributed by atoms with Crippen LogP contribution < -0.4 is 4.90 Å². The molecule has 1 saturated heterocycles. The molecule has 0 saturated carbocycles. The molecule has 1 amide bonds. The standard InChI is InChI=1S/C25H28N4O/c1-18-9-11-21(12-10-18)17-23-19(2)26-20(3)27-24(23)28-13-15-29(16-14-28)25(30)22-7-5-4-6-8-22/h4-12H,13-17H2,1-3H3. The van der Waals surface area contributed by atoms with Crippen molar-refractivity contribution in [1.82, 2.24) is 14.9 Å². The Morgan fingerprint density at radius 3 is 2.20 bits per heavy atom. The van der Waals surface area contributed by atoms with Gasteiger partial charge in [0.2, 0.25) is 0 Å². The van der Waals surface area contributed by atoms with Crippen molar-refractivity contribution in [3.05, 3.63) is 88.4 Å². The van der Waals surface area contributed by atoms with Crippen LogP contribution in [-0.4, -0.2) is 47.0 Å². The third-order valence-electron chi connectivity index (χ3n) is 5.69. The Bertz CT molecular complexity index is 1020. The molecule has 5 nitrogen and oxygen atoms in total. The Hall–Kier alpha value is -3.21. The van der Waals surface area contributed by atoms with Gasteiger partial charge in [-0.1, -0.05) is 48.0 Å². The van der Waals surface area contributed by atoms with E-state index in [2.05, 4.69) is 48.0 Å². The van der Waals surface area contributed by atoms with Crippen LogP contribution in [0.5, 0.6) is 0 Å². The van der Waals surface area contributed by atoms with Gasteiger partial charge in [-0.3, -0.25) is 4.79 Å². The highest BCUT2D eigenvalue weighted by Crippen LogP contribution is 2.25. The van der Waals surface area contributed by atoms with Crippen molar-refractivity contribution in [2.75, 3.05) is 31.1 Å². The van der Waals surface area contributed by atoms with E-state index in [1.165, 1.54) is 16.7 Å². The first-order valence-corrected chi connectivity index (χ1v) is 10.5. The van der Waals surface area contributed by atoms with Gasteiger partial charge in [0.25, 0.3) is 5.91 Å². The predicted octanol–water partition coefficient (Wildman–Crippen LogP) is 3.96. The van der Waals surface area contributed by atoms with E-state index in [-0.39, 0.29) is 5.91 Å². The summed E-state index contributed by atoms with van der Waals surface area (Å²) >= 11 is 0. The van der Waals surface area contributed by atoms with Crippen LogP contribution in [0, 0.1) is 20.8 Å². The number of hydrogen-bond acceptors (Lipinski definition) is 4. The average Bonchev–Trinajstić information content (AvgIpc) is 2.77. The molecule has 0 aliphatic carbocycles. The summed E-state index contributed by atoms with van der Waals surface area (Å²) in [6, 6.07) is 18.2. The quantitative estimate of drug-likeness (QED) is 0.665. The number of anilines is 1. The second-order valence-corrected chi connectivity index (χ2v) is 7.97. The first kappa shape index (κ1) is 20.1. The third kappa shape index (κ3) is 4.35. The van der Waals surface area contributed by atoms with E-state index in [9.17, 15) is 4.79 Å². The molecular weight excluding hydrogens is 372 g/mol. The van der Waals surface area contributed by atoms with E-state index in [1.807, 2.05) is 42.2 Å². The average molecular weight is 401 g/mol. The SMILES string of the molecule is Cc1ccc(Cc2c(C)nc(C)nc2N2CCN(C(=O)c3ccccc3)CC2)cc1. The van der Waals surface area contributed by atoms with E-state index in [0.717, 1.165) is 42.4 Å². The zero-order valence-corrected chi connectivity index (χ0v) is 17.9. The van der Waals surface area contributed by atoms with Crippen LogP contribution >= 0.6 is 0 Å². The summed E-state index contributed by atoms with van der Waals surface area (Å²) in [6.07, 6.45) is 0.810. The minimum Gasteiger partial charge on any atom is -0.353 e. The molecule has 154 valence electrons. The number of carbonyl (C=O) groups is 1. The molecule has 1 fully saturated rings. The van der Waals surface area contributed by atoms with E-state index in [4.69, 9.17) is 4.98 Å². The van der Waals surface area contributed by atoms with Crippen molar-refractivity contribution < 1.29 is 4.79 Å². The van der Waals surface area contributed by atoms with Crippen molar-refractivity contribution in [2.45, 2.75) is 27.2 Å². The van der Waals surface area contributed by atoms with Gasteiger partial charge in [0.05, 0.1) is 0 Å². The Balaban J connectivity index is 1.53. The summed E-state index contributed by atoms with van der Waals surface area (Å²) < 4.78 is 0. The maximum Gasteiger partial charge on any atom is 0.253 e. The van der Waals surface area contributed by atoms with Gasteiger partial charge in [0.15, 0.2) is 0 Å². The number of benzene rings is 2. The van der Waals surface area contributed by atoms with Crippen LogP contribution in [0.15, 0.2) is 54.6 Å². The number of piperazine rings is 1. The molecule has 30 heavy (non-hydrogen) atoms. The number of nitrogens with zero attached hydrogens (tertiary/aromatic N) is 4. The van der Waals surface area contributed by atoms with E-state index in [1.54, 1.807) is 0 Å². The number of amides is 1. The summed E-state index contributed by atoms with van der Waals surface area (Å²) in [7, 11) is 0. The molecule has 4 rings (SSSR count). The van der Waals surface area contributed by atoms with Crippen molar-refractivity contribution in [2.24, 2.45) is 0 Å². The lowest BCUT2D eigenvalue weighted by Gasteiger charge is -2.36. The van der Waals surface area contributed by atoms with Crippen LogP contribution in [0.1, 0.15) is 38.6 Å². The molecule has 0 bridgehead atoms. The van der Waals surface area contributed by atoms with Crippen LogP contribution in [0.2, 0.25) is 0 Å². The predicted molar refractivity (Wildman–Crippen MR) is 120 cm³/mol. The summed E-state index contributed by atoms with van der Waals surface area (Å²) in [5.74, 6) is 1.90. The molecule has 2 heterocycles.